The molecule has 1 heterocycles. The molecule has 0 aliphatic carbocycles. The summed E-state index contributed by atoms with van der Waals surface area (Å²) in [6.45, 7) is 2.93. The Labute approximate surface area is 112 Å². The van der Waals surface area contributed by atoms with Crippen LogP contribution < -0.4 is 16.4 Å². The first-order chi connectivity index (χ1) is 8.63. The van der Waals surface area contributed by atoms with Crippen molar-refractivity contribution in [1.82, 2.24) is 10.6 Å². The van der Waals surface area contributed by atoms with Gasteiger partial charge in [-0.15, -0.1) is 11.3 Å². The zero-order valence-corrected chi connectivity index (χ0v) is 11.4. The summed E-state index contributed by atoms with van der Waals surface area (Å²) in [5, 5.41) is 21.8. The van der Waals surface area contributed by atoms with E-state index in [2.05, 4.69) is 35.1 Å². The van der Waals surface area contributed by atoms with Gasteiger partial charge in [0.2, 0.25) is 0 Å². The minimum Gasteiger partial charge on any atom is -0.370 e. The Bertz CT molecular complexity index is 374. The van der Waals surface area contributed by atoms with Crippen molar-refractivity contribution >= 4 is 23.3 Å². The molecule has 0 fully saturated rings. The first-order valence-corrected chi connectivity index (χ1v) is 6.98. The Morgan fingerprint density at radius 2 is 2.28 bits per heavy atom. The second kappa shape index (κ2) is 7.71. The SMILES string of the molecule is CCC(CCCNC(=N)NC(=N)N)c1cccs1. The van der Waals surface area contributed by atoms with E-state index >= 15 is 0 Å². The highest BCUT2D eigenvalue weighted by atomic mass is 32.1. The molecule has 1 aromatic rings. The van der Waals surface area contributed by atoms with Gasteiger partial charge >= 0.3 is 0 Å². The molecule has 0 aromatic carbocycles. The Balaban J connectivity index is 2.20. The molecule has 0 saturated heterocycles. The summed E-state index contributed by atoms with van der Waals surface area (Å²) in [6.07, 6.45) is 3.25. The first-order valence-electron chi connectivity index (χ1n) is 6.10. The number of guanidine groups is 2. The number of nitrogens with one attached hydrogen (secondary N) is 4. The molecule has 18 heavy (non-hydrogen) atoms. The molecule has 0 spiro atoms. The molecular formula is C12H21N5S. The quantitative estimate of drug-likeness (QED) is 0.310. The van der Waals surface area contributed by atoms with Crippen molar-refractivity contribution in [2.45, 2.75) is 32.1 Å². The molecule has 0 amide bonds. The molecule has 6 heteroatoms. The fourth-order valence-electron chi connectivity index (χ4n) is 1.81. The van der Waals surface area contributed by atoms with Gasteiger partial charge in [0.1, 0.15) is 0 Å². The highest BCUT2D eigenvalue weighted by molar-refractivity contribution is 7.10. The van der Waals surface area contributed by atoms with Crippen LogP contribution in [-0.4, -0.2) is 18.5 Å². The Morgan fingerprint density at radius 1 is 1.50 bits per heavy atom. The Kier molecular flexibility index (Phi) is 6.21. The molecule has 1 unspecified atom stereocenters. The maximum atomic E-state index is 7.45. The molecular weight excluding hydrogens is 246 g/mol. The topological polar surface area (TPSA) is 97.8 Å². The van der Waals surface area contributed by atoms with E-state index < -0.39 is 0 Å². The predicted octanol–water partition coefficient (Wildman–Crippen LogP) is 2.03. The van der Waals surface area contributed by atoms with Gasteiger partial charge in [-0.25, -0.2) is 0 Å². The number of hydrogen-bond donors (Lipinski definition) is 5. The highest BCUT2D eigenvalue weighted by Gasteiger charge is 2.09. The smallest absolute Gasteiger partial charge is 0.195 e. The van der Waals surface area contributed by atoms with Crippen LogP contribution in [0.4, 0.5) is 0 Å². The van der Waals surface area contributed by atoms with E-state index in [4.69, 9.17) is 16.6 Å². The van der Waals surface area contributed by atoms with E-state index in [0.717, 1.165) is 25.8 Å². The van der Waals surface area contributed by atoms with Gasteiger partial charge in [0.25, 0.3) is 0 Å². The van der Waals surface area contributed by atoms with Crippen LogP contribution in [0.25, 0.3) is 0 Å². The summed E-state index contributed by atoms with van der Waals surface area (Å²) >= 11 is 1.81. The van der Waals surface area contributed by atoms with Crippen LogP contribution >= 0.6 is 11.3 Å². The minimum atomic E-state index is -0.211. The third kappa shape index (κ3) is 5.18. The van der Waals surface area contributed by atoms with Crippen molar-refractivity contribution in [2.24, 2.45) is 5.73 Å². The molecule has 0 radical (unpaired) electrons. The van der Waals surface area contributed by atoms with Crippen LogP contribution in [0.1, 0.15) is 37.0 Å². The number of hydrogen-bond acceptors (Lipinski definition) is 3. The third-order valence-corrected chi connectivity index (χ3v) is 3.76. The predicted molar refractivity (Wildman–Crippen MR) is 77.4 cm³/mol. The van der Waals surface area contributed by atoms with Crippen molar-refractivity contribution in [2.75, 3.05) is 6.54 Å². The summed E-state index contributed by atoms with van der Waals surface area (Å²) in [4.78, 5) is 1.44. The maximum Gasteiger partial charge on any atom is 0.195 e. The lowest BCUT2D eigenvalue weighted by molar-refractivity contribution is 0.577. The second-order valence-corrected chi connectivity index (χ2v) is 5.08. The zero-order chi connectivity index (χ0) is 13.4. The molecule has 0 bridgehead atoms. The lowest BCUT2D eigenvalue weighted by atomic mass is 9.99. The first kappa shape index (κ1) is 14.5. The van der Waals surface area contributed by atoms with Crippen LogP contribution in [0.5, 0.6) is 0 Å². The molecule has 0 aliphatic rings. The monoisotopic (exact) mass is 267 g/mol. The molecule has 1 atom stereocenters. The van der Waals surface area contributed by atoms with Crippen molar-refractivity contribution in [3.63, 3.8) is 0 Å². The molecule has 1 aromatic heterocycles. The highest BCUT2D eigenvalue weighted by Crippen LogP contribution is 2.28. The summed E-state index contributed by atoms with van der Waals surface area (Å²) in [5.41, 5.74) is 5.12. The van der Waals surface area contributed by atoms with Gasteiger partial charge in [-0.3, -0.25) is 16.1 Å². The lowest BCUT2D eigenvalue weighted by Crippen LogP contribution is -2.43. The van der Waals surface area contributed by atoms with Gasteiger partial charge in [-0.05, 0) is 36.6 Å². The van der Waals surface area contributed by atoms with Crippen molar-refractivity contribution in [3.8, 4) is 0 Å². The average molecular weight is 267 g/mol. The van der Waals surface area contributed by atoms with Gasteiger partial charge < -0.3 is 11.1 Å². The van der Waals surface area contributed by atoms with E-state index in [9.17, 15) is 0 Å². The molecule has 0 saturated carbocycles. The fraction of sp³-hybridized carbons (Fsp3) is 0.500. The Morgan fingerprint density at radius 3 is 2.83 bits per heavy atom. The molecule has 100 valence electrons. The standard InChI is InChI=1S/C12H21N5S/c1-2-9(10-6-4-8-18-10)5-3-7-16-12(15)17-11(13)14/h4,6,8-9H,2-3,5,7H2,1H3,(H6,13,14,15,16,17). The van der Waals surface area contributed by atoms with E-state index in [1.807, 2.05) is 11.3 Å². The summed E-state index contributed by atoms with van der Waals surface area (Å²) in [5.74, 6) is 0.492. The number of rotatable bonds is 6. The van der Waals surface area contributed by atoms with E-state index in [-0.39, 0.29) is 11.9 Å². The second-order valence-electron chi connectivity index (χ2n) is 4.10. The summed E-state index contributed by atoms with van der Waals surface area (Å²) in [6, 6.07) is 4.28. The minimum absolute atomic E-state index is 0.0895. The van der Waals surface area contributed by atoms with Gasteiger partial charge in [0.05, 0.1) is 0 Å². The molecule has 0 aliphatic heterocycles. The van der Waals surface area contributed by atoms with Crippen molar-refractivity contribution < 1.29 is 0 Å². The Hall–Kier alpha value is -1.56. The van der Waals surface area contributed by atoms with Crippen molar-refractivity contribution in [1.29, 1.82) is 10.8 Å². The van der Waals surface area contributed by atoms with Gasteiger partial charge in [0, 0.05) is 11.4 Å². The maximum absolute atomic E-state index is 7.45. The molecule has 1 rings (SSSR count). The van der Waals surface area contributed by atoms with Crippen LogP contribution in [0.15, 0.2) is 17.5 Å². The summed E-state index contributed by atoms with van der Waals surface area (Å²) < 4.78 is 0. The molecule has 5 nitrogen and oxygen atoms in total. The average Bonchev–Trinajstić information content (AvgIpc) is 2.81. The van der Waals surface area contributed by atoms with E-state index in [0.29, 0.717) is 5.92 Å². The number of thiophene rings is 1. The van der Waals surface area contributed by atoms with E-state index in [1.165, 1.54) is 4.88 Å². The molecule has 6 N–H and O–H groups in total. The lowest BCUT2D eigenvalue weighted by Gasteiger charge is -2.14. The van der Waals surface area contributed by atoms with Crippen LogP contribution in [-0.2, 0) is 0 Å². The third-order valence-electron chi connectivity index (χ3n) is 2.73. The summed E-state index contributed by atoms with van der Waals surface area (Å²) in [7, 11) is 0. The van der Waals surface area contributed by atoms with Gasteiger partial charge in [-0.2, -0.15) is 0 Å². The van der Waals surface area contributed by atoms with Gasteiger partial charge in [-0.1, -0.05) is 13.0 Å². The van der Waals surface area contributed by atoms with Gasteiger partial charge in [0.15, 0.2) is 11.9 Å². The van der Waals surface area contributed by atoms with Crippen molar-refractivity contribution in [3.05, 3.63) is 22.4 Å². The normalized spacial score (nSPS) is 11.8. The number of nitrogens with two attached hydrogens (primary N) is 1. The van der Waals surface area contributed by atoms with Crippen LogP contribution in [0, 0.1) is 10.8 Å². The van der Waals surface area contributed by atoms with Crippen LogP contribution in [0.2, 0.25) is 0 Å². The zero-order valence-electron chi connectivity index (χ0n) is 10.6. The van der Waals surface area contributed by atoms with Crippen LogP contribution in [0.3, 0.4) is 0 Å². The largest absolute Gasteiger partial charge is 0.370 e. The fourth-order valence-corrected chi connectivity index (χ4v) is 2.76. The van der Waals surface area contributed by atoms with E-state index in [1.54, 1.807) is 0 Å².